The molecule has 0 saturated carbocycles. The molecule has 1 N–H and O–H groups in total. The molecule has 0 saturated heterocycles. The lowest BCUT2D eigenvalue weighted by Crippen LogP contribution is -2.14. The smallest absolute Gasteiger partial charge is 0.145 e. The van der Waals surface area contributed by atoms with Crippen LogP contribution in [0.2, 0.25) is 5.02 Å². The zero-order valence-electron chi connectivity index (χ0n) is 16.1. The number of carbonyl (C=O) groups is 1. The van der Waals surface area contributed by atoms with Crippen LogP contribution in [-0.2, 0) is 4.79 Å². The molecule has 0 fully saturated rings. The third-order valence-corrected chi connectivity index (χ3v) is 4.69. The molecule has 2 aromatic rings. The van der Waals surface area contributed by atoms with E-state index in [0.29, 0.717) is 41.7 Å². The van der Waals surface area contributed by atoms with Crippen molar-refractivity contribution in [1.82, 2.24) is 5.01 Å². The minimum Gasteiger partial charge on any atom is -0.388 e. The number of aliphatic hydroxyl groups excluding tert-OH is 1. The van der Waals surface area contributed by atoms with E-state index in [1.54, 1.807) is 42.5 Å². The molecule has 1 aliphatic rings. The lowest BCUT2D eigenvalue weighted by Gasteiger charge is -2.19. The van der Waals surface area contributed by atoms with E-state index in [1.165, 1.54) is 12.1 Å². The van der Waals surface area contributed by atoms with Crippen molar-refractivity contribution in [2.75, 3.05) is 7.05 Å². The first-order valence-electron chi connectivity index (χ1n) is 9.08. The van der Waals surface area contributed by atoms with Gasteiger partial charge in [-0.15, -0.1) is 0 Å². The number of aldehydes is 1. The molecule has 1 heterocycles. The Morgan fingerprint density at radius 3 is 2.59 bits per heavy atom. The van der Waals surface area contributed by atoms with Crippen LogP contribution >= 0.6 is 11.6 Å². The molecule has 0 radical (unpaired) electrons. The maximum Gasteiger partial charge on any atom is 0.145 e. The van der Waals surface area contributed by atoms with Gasteiger partial charge < -0.3 is 5.11 Å². The average molecular weight is 421 g/mol. The third kappa shape index (κ3) is 7.07. The van der Waals surface area contributed by atoms with Crippen molar-refractivity contribution >= 4 is 24.1 Å². The fourth-order valence-corrected chi connectivity index (χ4v) is 3.09. The summed E-state index contributed by atoms with van der Waals surface area (Å²) in [5.74, 6) is -1.08. The molecule has 29 heavy (non-hydrogen) atoms. The Labute approximate surface area is 174 Å². The number of hydrazone groups is 1. The maximum atomic E-state index is 12.9. The number of hydrogen-bond donors (Lipinski definition) is 1. The molecule has 3 rings (SSSR count). The Kier molecular flexibility index (Phi) is 8.49. The number of hydrogen-bond acceptors (Lipinski definition) is 4. The van der Waals surface area contributed by atoms with E-state index < -0.39 is 17.7 Å². The lowest BCUT2D eigenvalue weighted by molar-refractivity contribution is -0.105. The summed E-state index contributed by atoms with van der Waals surface area (Å²) in [6.07, 6.45) is 3.53. The van der Waals surface area contributed by atoms with Crippen LogP contribution in [0.25, 0.3) is 0 Å². The molecule has 0 spiro atoms. The molecule has 1 aliphatic heterocycles. The van der Waals surface area contributed by atoms with Crippen molar-refractivity contribution in [3.63, 3.8) is 0 Å². The first kappa shape index (κ1) is 22.7. The molecular formula is C22H23ClF2N2O2. The van der Waals surface area contributed by atoms with Crippen LogP contribution in [0.3, 0.4) is 0 Å². The summed E-state index contributed by atoms with van der Waals surface area (Å²) < 4.78 is 25.8. The molecule has 0 aliphatic carbocycles. The fraction of sp³-hybridized carbons (Fsp3) is 0.273. The van der Waals surface area contributed by atoms with E-state index in [2.05, 4.69) is 11.7 Å². The summed E-state index contributed by atoms with van der Waals surface area (Å²) in [5.41, 5.74) is 1.89. The zero-order chi connectivity index (χ0) is 21.4. The molecule has 2 unspecified atom stereocenters. The molecule has 2 atom stereocenters. The second-order valence-corrected chi connectivity index (χ2v) is 7.15. The van der Waals surface area contributed by atoms with Crippen LogP contribution in [-0.4, -0.2) is 29.7 Å². The zero-order valence-corrected chi connectivity index (χ0v) is 16.8. The highest BCUT2D eigenvalue weighted by Gasteiger charge is 2.20. The maximum absolute atomic E-state index is 12.9. The summed E-state index contributed by atoms with van der Waals surface area (Å²) >= 11 is 5.79. The molecule has 4 nitrogen and oxygen atoms in total. The van der Waals surface area contributed by atoms with E-state index in [1.807, 2.05) is 0 Å². The van der Waals surface area contributed by atoms with Crippen molar-refractivity contribution in [2.24, 2.45) is 5.10 Å². The van der Waals surface area contributed by atoms with Crippen molar-refractivity contribution < 1.29 is 18.7 Å². The van der Waals surface area contributed by atoms with Gasteiger partial charge in [0.05, 0.1) is 12.1 Å². The minimum absolute atomic E-state index is 0.0415. The SMILES string of the molecule is C=C(C=O)CCC(O)c1cccc(Cl)c1.CN1N=CCC1c1cc(F)cc(F)c1. The highest BCUT2D eigenvalue weighted by atomic mass is 35.5. The molecule has 2 aromatic carbocycles. The normalized spacial score (nSPS) is 16.2. The number of benzene rings is 2. The summed E-state index contributed by atoms with van der Waals surface area (Å²) in [6, 6.07) is 10.6. The van der Waals surface area contributed by atoms with Crippen LogP contribution in [0.15, 0.2) is 59.7 Å². The molecule has 0 aromatic heterocycles. The number of carbonyl (C=O) groups excluding carboxylic acids is 1. The minimum atomic E-state index is -0.597. The van der Waals surface area contributed by atoms with E-state index in [0.717, 1.165) is 11.6 Å². The van der Waals surface area contributed by atoms with E-state index in [4.69, 9.17) is 11.6 Å². The van der Waals surface area contributed by atoms with Gasteiger partial charge in [0.15, 0.2) is 0 Å². The van der Waals surface area contributed by atoms with Gasteiger partial charge in [0.2, 0.25) is 0 Å². The molecule has 0 bridgehead atoms. The quantitative estimate of drug-likeness (QED) is 0.514. The topological polar surface area (TPSA) is 52.9 Å². The second-order valence-electron chi connectivity index (χ2n) is 6.71. The highest BCUT2D eigenvalue weighted by molar-refractivity contribution is 6.30. The van der Waals surface area contributed by atoms with Crippen LogP contribution in [0.5, 0.6) is 0 Å². The Balaban J connectivity index is 0.000000207. The van der Waals surface area contributed by atoms with Crippen LogP contribution in [0.4, 0.5) is 8.78 Å². The second kappa shape index (κ2) is 10.8. The standard InChI is InChI=1S/C12H13ClO2.C10H10F2N2/c1-9(8-14)5-6-12(15)10-3-2-4-11(13)7-10;1-14-10(2-3-13-14)7-4-8(11)6-9(12)5-7/h2-4,7-8,12,15H,1,5-6H2;3-6,10H,2H2,1H3. The van der Waals surface area contributed by atoms with E-state index in [-0.39, 0.29) is 6.04 Å². The van der Waals surface area contributed by atoms with Crippen molar-refractivity contribution in [2.45, 2.75) is 31.4 Å². The van der Waals surface area contributed by atoms with Crippen LogP contribution < -0.4 is 0 Å². The number of halogens is 3. The first-order valence-corrected chi connectivity index (χ1v) is 9.45. The monoisotopic (exact) mass is 420 g/mol. The Morgan fingerprint density at radius 1 is 1.34 bits per heavy atom. The molecular weight excluding hydrogens is 398 g/mol. The molecule has 7 heteroatoms. The number of allylic oxidation sites excluding steroid dienone is 1. The van der Waals surface area contributed by atoms with Crippen LogP contribution in [0.1, 0.15) is 42.5 Å². The van der Waals surface area contributed by atoms with Gasteiger partial charge in [0, 0.05) is 30.8 Å². The molecule has 0 amide bonds. The Morgan fingerprint density at radius 2 is 2.03 bits per heavy atom. The number of aliphatic hydroxyl groups is 1. The van der Waals surface area contributed by atoms with Gasteiger partial charge in [-0.25, -0.2) is 8.78 Å². The number of nitrogens with zero attached hydrogens (tertiary/aromatic N) is 2. The van der Waals surface area contributed by atoms with E-state index >= 15 is 0 Å². The van der Waals surface area contributed by atoms with Gasteiger partial charge in [-0.3, -0.25) is 9.80 Å². The van der Waals surface area contributed by atoms with E-state index in [9.17, 15) is 18.7 Å². The number of rotatable bonds is 6. The van der Waals surface area contributed by atoms with Crippen molar-refractivity contribution in [1.29, 1.82) is 0 Å². The van der Waals surface area contributed by atoms with Gasteiger partial charge >= 0.3 is 0 Å². The van der Waals surface area contributed by atoms with Gasteiger partial charge in [-0.1, -0.05) is 30.3 Å². The summed E-state index contributed by atoms with van der Waals surface area (Å²) in [7, 11) is 1.79. The summed E-state index contributed by atoms with van der Waals surface area (Å²) in [5, 5.41) is 16.1. The molecule has 154 valence electrons. The van der Waals surface area contributed by atoms with Gasteiger partial charge in [-0.2, -0.15) is 5.10 Å². The summed E-state index contributed by atoms with van der Waals surface area (Å²) in [6.45, 7) is 3.55. The fourth-order valence-electron chi connectivity index (χ4n) is 2.89. The van der Waals surface area contributed by atoms with Crippen molar-refractivity contribution in [3.05, 3.63) is 82.4 Å². The summed E-state index contributed by atoms with van der Waals surface area (Å²) in [4.78, 5) is 10.3. The highest BCUT2D eigenvalue weighted by Crippen LogP contribution is 2.27. The predicted octanol–water partition coefficient (Wildman–Crippen LogP) is 5.24. The van der Waals surface area contributed by atoms with Crippen LogP contribution in [0, 0.1) is 11.6 Å². The van der Waals surface area contributed by atoms with Crippen molar-refractivity contribution in [3.8, 4) is 0 Å². The van der Waals surface area contributed by atoms with Gasteiger partial charge in [0.25, 0.3) is 0 Å². The van der Waals surface area contributed by atoms with Gasteiger partial charge in [0.1, 0.15) is 17.9 Å². The Bertz CT molecular complexity index is 869. The first-order chi connectivity index (χ1) is 13.8. The predicted molar refractivity (Wildman–Crippen MR) is 111 cm³/mol. The lowest BCUT2D eigenvalue weighted by atomic mass is 10.0. The Hall–Kier alpha value is -2.57. The average Bonchev–Trinajstić information content (AvgIpc) is 3.11. The van der Waals surface area contributed by atoms with Gasteiger partial charge in [-0.05, 0) is 53.8 Å². The third-order valence-electron chi connectivity index (χ3n) is 4.45. The largest absolute Gasteiger partial charge is 0.388 e.